The Morgan fingerprint density at radius 2 is 1.16 bits per heavy atom. The number of rotatable bonds is 16. The van der Waals surface area contributed by atoms with E-state index < -0.39 is 12.1 Å². The van der Waals surface area contributed by atoms with Crippen molar-refractivity contribution < 1.29 is 47.5 Å². The Labute approximate surface area is 413 Å². The van der Waals surface area contributed by atoms with Crippen LogP contribution in [0.2, 0.25) is 10.0 Å². The molecular weight excluding hydrogens is 1010 g/mol. The average molecular weight is 1060 g/mol. The van der Waals surface area contributed by atoms with E-state index in [0.717, 1.165) is 31.4 Å². The number of methoxy groups -OCH3 is 5. The van der Waals surface area contributed by atoms with Crippen molar-refractivity contribution in [1.29, 1.82) is 0 Å². The van der Waals surface area contributed by atoms with Crippen molar-refractivity contribution in [3.8, 4) is 46.0 Å². The minimum atomic E-state index is -0.498. The lowest BCUT2D eigenvalue weighted by Gasteiger charge is -2.38. The molecule has 0 bridgehead atoms. The normalized spacial score (nSPS) is 15.2. The van der Waals surface area contributed by atoms with Crippen LogP contribution in [0.3, 0.4) is 0 Å². The Balaban J connectivity index is 1.04. The summed E-state index contributed by atoms with van der Waals surface area (Å²) in [6.45, 7) is 1.31. The highest BCUT2D eigenvalue weighted by molar-refractivity contribution is 14.1. The second-order valence-electron chi connectivity index (χ2n) is 15.8. The monoisotopic (exact) mass is 1060 g/mol. The van der Waals surface area contributed by atoms with Crippen LogP contribution in [0.15, 0.2) is 109 Å². The van der Waals surface area contributed by atoms with E-state index in [2.05, 4.69) is 22.6 Å². The van der Waals surface area contributed by atoms with E-state index >= 15 is 0 Å². The summed E-state index contributed by atoms with van der Waals surface area (Å²) in [5.41, 5.74) is 5.48. The van der Waals surface area contributed by atoms with Gasteiger partial charge in [0, 0.05) is 27.8 Å². The number of amides is 2. The van der Waals surface area contributed by atoms with E-state index in [-0.39, 0.29) is 36.7 Å². The Kier molecular flexibility index (Phi) is 15.1. The first kappa shape index (κ1) is 47.5. The topological polar surface area (TPSA) is 114 Å². The Bertz CT molecular complexity index is 2750. The van der Waals surface area contributed by atoms with Gasteiger partial charge in [-0.2, -0.15) is 0 Å². The third-order valence-corrected chi connectivity index (χ3v) is 13.6. The second-order valence-corrected chi connectivity index (χ2v) is 17.8. The summed E-state index contributed by atoms with van der Waals surface area (Å²) < 4.78 is 48.8. The molecule has 67 heavy (non-hydrogen) atoms. The van der Waals surface area contributed by atoms with Gasteiger partial charge in [0.1, 0.15) is 42.8 Å². The fourth-order valence-corrected chi connectivity index (χ4v) is 9.65. The van der Waals surface area contributed by atoms with Crippen molar-refractivity contribution in [2.24, 2.45) is 0 Å². The lowest BCUT2D eigenvalue weighted by molar-refractivity contribution is 0.0583. The van der Waals surface area contributed by atoms with E-state index in [9.17, 15) is 9.59 Å². The number of carbonyl (C=O) groups is 2. The van der Waals surface area contributed by atoms with Crippen molar-refractivity contribution in [1.82, 2.24) is 9.80 Å². The maximum Gasteiger partial charge on any atom is 0.256 e. The fourth-order valence-electron chi connectivity index (χ4n) is 8.73. The molecule has 15 heteroatoms. The van der Waals surface area contributed by atoms with Gasteiger partial charge in [-0.15, -0.1) is 0 Å². The maximum absolute atomic E-state index is 14.3. The minimum Gasteiger partial charge on any atom is -0.497 e. The van der Waals surface area contributed by atoms with Gasteiger partial charge in [-0.3, -0.25) is 9.59 Å². The zero-order valence-corrected chi connectivity index (χ0v) is 41.3. The molecule has 0 spiro atoms. The van der Waals surface area contributed by atoms with Gasteiger partial charge in [0.25, 0.3) is 11.8 Å². The number of hydrogen-bond donors (Lipinski definition) is 0. The molecule has 0 N–H and O–H groups in total. The van der Waals surface area contributed by atoms with Gasteiger partial charge in [-0.05, 0) is 155 Å². The fraction of sp³-hybridized carbons (Fsp3) is 0.269. The van der Waals surface area contributed by atoms with Crippen LogP contribution in [0, 0.1) is 3.57 Å². The van der Waals surface area contributed by atoms with Crippen LogP contribution in [0.25, 0.3) is 0 Å². The quantitative estimate of drug-likeness (QED) is 0.0868. The van der Waals surface area contributed by atoms with Crippen LogP contribution < -0.4 is 37.9 Å². The number of ether oxygens (including phenoxy) is 8. The number of carbonyl (C=O) groups excluding carboxylic acids is 2. The standard InChI is InChI=1S/C52H49Cl2IN2O10/c1-60-34-12-14-36(15-13-34)67-30-45-41-27-48(63-4)50(64-5)42(38(41)21-23-56(45)51(58)32-8-6-9-33(55)24-32)28-65-35-16-18-37(19-17-35)66-29-44-40-26-47(62-3)46(61-2)25-31(40)20-22-57(44)52(59)39-10-7-11-43(53)49(39)54/h6-19,24-27,44-45H,20-23,28-30H2,1-5H3. The molecule has 2 heterocycles. The van der Waals surface area contributed by atoms with E-state index in [4.69, 9.17) is 61.1 Å². The van der Waals surface area contributed by atoms with Crippen LogP contribution in [0.4, 0.5) is 0 Å². The summed E-state index contributed by atoms with van der Waals surface area (Å²) in [5.74, 6) is 4.36. The van der Waals surface area contributed by atoms with Crippen molar-refractivity contribution in [3.63, 3.8) is 0 Å². The van der Waals surface area contributed by atoms with Gasteiger partial charge in [-0.25, -0.2) is 0 Å². The van der Waals surface area contributed by atoms with Crippen LogP contribution >= 0.6 is 45.8 Å². The van der Waals surface area contributed by atoms with Crippen LogP contribution in [-0.4, -0.2) is 83.5 Å². The van der Waals surface area contributed by atoms with E-state index in [1.54, 1.807) is 58.6 Å². The molecule has 6 aromatic rings. The molecule has 0 aliphatic carbocycles. The molecule has 0 aromatic heterocycles. The van der Waals surface area contributed by atoms with Gasteiger partial charge in [0.15, 0.2) is 23.0 Å². The van der Waals surface area contributed by atoms with Crippen LogP contribution in [0.1, 0.15) is 60.6 Å². The molecule has 2 atom stereocenters. The number of fused-ring (bicyclic) bond motifs is 2. The summed E-state index contributed by atoms with van der Waals surface area (Å²) in [5, 5.41) is 0.496. The number of halogens is 3. The van der Waals surface area contributed by atoms with Crippen molar-refractivity contribution in [2.75, 3.05) is 61.9 Å². The number of hydrogen-bond acceptors (Lipinski definition) is 10. The van der Waals surface area contributed by atoms with Gasteiger partial charge in [0.05, 0.1) is 63.2 Å². The number of nitrogens with zero attached hydrogens (tertiary/aromatic N) is 2. The smallest absolute Gasteiger partial charge is 0.256 e. The molecule has 0 saturated heterocycles. The predicted octanol–water partition coefficient (Wildman–Crippen LogP) is 10.9. The van der Waals surface area contributed by atoms with E-state index in [0.29, 0.717) is 88.1 Å². The lowest BCUT2D eigenvalue weighted by atomic mass is 9.87. The Morgan fingerprint density at radius 1 is 0.597 bits per heavy atom. The zero-order valence-electron chi connectivity index (χ0n) is 37.6. The molecule has 2 aliphatic rings. The largest absolute Gasteiger partial charge is 0.497 e. The molecule has 2 unspecified atom stereocenters. The van der Waals surface area contributed by atoms with Crippen LogP contribution in [0.5, 0.6) is 46.0 Å². The van der Waals surface area contributed by atoms with Gasteiger partial charge < -0.3 is 47.7 Å². The van der Waals surface area contributed by atoms with Crippen molar-refractivity contribution in [2.45, 2.75) is 31.5 Å². The molecule has 0 radical (unpaired) electrons. The molecular formula is C52H49Cl2IN2O10. The van der Waals surface area contributed by atoms with Crippen molar-refractivity contribution in [3.05, 3.63) is 162 Å². The van der Waals surface area contributed by atoms with Crippen molar-refractivity contribution >= 4 is 57.6 Å². The predicted molar refractivity (Wildman–Crippen MR) is 264 cm³/mol. The summed E-state index contributed by atoms with van der Waals surface area (Å²) in [6.07, 6.45) is 1.13. The third kappa shape index (κ3) is 10.1. The molecule has 2 aliphatic heterocycles. The average Bonchev–Trinajstić information content (AvgIpc) is 3.36. The molecule has 8 rings (SSSR count). The molecule has 2 amide bonds. The second kappa shape index (κ2) is 21.3. The Hall–Kier alpha value is -6.03. The van der Waals surface area contributed by atoms with Gasteiger partial charge >= 0.3 is 0 Å². The molecule has 12 nitrogen and oxygen atoms in total. The SMILES string of the molecule is COc1ccc(OCC2c3cc(OC)c(OC)c(COc4ccc(OCC5c6cc(OC)c(OC)cc6CCN5C(=O)c5cccc(Cl)c5Cl)cc4)c3CCN2C(=O)c2cccc(I)c2)cc1. The van der Waals surface area contributed by atoms with Crippen LogP contribution in [-0.2, 0) is 19.4 Å². The Morgan fingerprint density at radius 3 is 1.79 bits per heavy atom. The first-order chi connectivity index (χ1) is 32.5. The first-order valence-electron chi connectivity index (χ1n) is 21.5. The number of benzene rings is 6. The summed E-state index contributed by atoms with van der Waals surface area (Å²) in [4.78, 5) is 32.0. The molecule has 348 valence electrons. The molecule has 0 saturated carbocycles. The highest BCUT2D eigenvalue weighted by Gasteiger charge is 2.37. The first-order valence-corrected chi connectivity index (χ1v) is 23.3. The van der Waals surface area contributed by atoms with Gasteiger partial charge in [-0.1, -0.05) is 35.3 Å². The van der Waals surface area contributed by atoms with Gasteiger partial charge in [0.2, 0.25) is 0 Å². The minimum absolute atomic E-state index is 0.0974. The summed E-state index contributed by atoms with van der Waals surface area (Å²) >= 11 is 15.1. The third-order valence-electron chi connectivity index (χ3n) is 12.1. The zero-order chi connectivity index (χ0) is 47.2. The molecule has 6 aromatic carbocycles. The molecule has 0 fully saturated rings. The summed E-state index contributed by atoms with van der Waals surface area (Å²) in [7, 11) is 7.99. The van der Waals surface area contributed by atoms with E-state index in [1.807, 2.05) is 95.9 Å². The summed E-state index contributed by atoms with van der Waals surface area (Å²) in [6, 6.07) is 32.1. The highest BCUT2D eigenvalue weighted by Crippen LogP contribution is 2.44. The highest BCUT2D eigenvalue weighted by atomic mass is 127. The maximum atomic E-state index is 14.3. The lowest BCUT2D eigenvalue weighted by Crippen LogP contribution is -2.43. The van der Waals surface area contributed by atoms with E-state index in [1.165, 1.54) is 0 Å².